The third-order valence-electron chi connectivity index (χ3n) is 3.11. The van der Waals surface area contributed by atoms with Crippen molar-refractivity contribution in [1.82, 2.24) is 14.8 Å². The third kappa shape index (κ3) is 3.97. The third-order valence-corrected chi connectivity index (χ3v) is 4.21. The highest BCUT2D eigenvalue weighted by molar-refractivity contribution is 7.99. The Balaban J connectivity index is 2.31. The van der Waals surface area contributed by atoms with Crippen molar-refractivity contribution < 1.29 is 5.11 Å². The molecule has 1 atom stereocenters. The maximum absolute atomic E-state index is 10.0. The van der Waals surface area contributed by atoms with Gasteiger partial charge in [0.25, 0.3) is 0 Å². The highest BCUT2D eigenvalue weighted by Gasteiger charge is 2.21. The first-order valence-electron chi connectivity index (χ1n) is 5.93. The summed E-state index contributed by atoms with van der Waals surface area (Å²) < 4.78 is 1.97. The van der Waals surface area contributed by atoms with Gasteiger partial charge in [-0.1, -0.05) is 18.7 Å². The summed E-state index contributed by atoms with van der Waals surface area (Å²) in [6.07, 6.45) is 2.37. The van der Waals surface area contributed by atoms with Gasteiger partial charge >= 0.3 is 0 Å². The molecular formula is C11H22N4OS. The molecule has 98 valence electrons. The number of nitrogens with zero attached hydrogens (tertiary/aromatic N) is 3. The molecule has 3 N–H and O–H groups in total. The van der Waals surface area contributed by atoms with E-state index in [0.717, 1.165) is 29.6 Å². The van der Waals surface area contributed by atoms with E-state index in [1.165, 1.54) is 0 Å². The topological polar surface area (TPSA) is 77.0 Å². The van der Waals surface area contributed by atoms with Crippen LogP contribution >= 0.6 is 11.8 Å². The highest BCUT2D eigenvalue weighted by Crippen LogP contribution is 2.21. The second-order valence-corrected chi connectivity index (χ2v) is 5.38. The van der Waals surface area contributed by atoms with Crippen molar-refractivity contribution in [3.63, 3.8) is 0 Å². The summed E-state index contributed by atoms with van der Waals surface area (Å²) in [5.41, 5.74) is 4.86. The smallest absolute Gasteiger partial charge is 0.190 e. The number of nitrogens with two attached hydrogens (primary N) is 1. The predicted octanol–water partition coefficient (Wildman–Crippen LogP) is 1.10. The molecule has 0 saturated heterocycles. The van der Waals surface area contributed by atoms with E-state index in [-0.39, 0.29) is 0 Å². The lowest BCUT2D eigenvalue weighted by molar-refractivity contribution is 0.0360. The molecule has 5 nitrogen and oxygen atoms in total. The summed E-state index contributed by atoms with van der Waals surface area (Å²) in [7, 11) is 1.96. The van der Waals surface area contributed by atoms with Crippen molar-refractivity contribution in [3.05, 3.63) is 5.82 Å². The van der Waals surface area contributed by atoms with Crippen molar-refractivity contribution in [2.75, 3.05) is 12.3 Å². The zero-order valence-electron chi connectivity index (χ0n) is 10.8. The number of aromatic nitrogens is 3. The molecule has 17 heavy (non-hydrogen) atoms. The van der Waals surface area contributed by atoms with E-state index in [1.807, 2.05) is 25.5 Å². The minimum atomic E-state index is -0.698. The van der Waals surface area contributed by atoms with E-state index in [1.54, 1.807) is 11.8 Å². The predicted molar refractivity (Wildman–Crippen MR) is 70.0 cm³/mol. The Bertz CT molecular complexity index is 349. The fourth-order valence-corrected chi connectivity index (χ4v) is 2.40. The summed E-state index contributed by atoms with van der Waals surface area (Å²) in [5.74, 6) is 1.84. The van der Waals surface area contributed by atoms with Crippen LogP contribution in [0.3, 0.4) is 0 Å². The van der Waals surface area contributed by atoms with Crippen molar-refractivity contribution >= 4 is 11.8 Å². The minimum absolute atomic E-state index is 0.331. The van der Waals surface area contributed by atoms with Crippen LogP contribution in [0.5, 0.6) is 0 Å². The Labute approximate surface area is 107 Å². The van der Waals surface area contributed by atoms with Crippen molar-refractivity contribution in [3.8, 4) is 0 Å². The zero-order chi connectivity index (χ0) is 12.9. The molecule has 0 radical (unpaired) electrons. The first-order chi connectivity index (χ1) is 8.02. The standard InChI is InChI=1S/C11H22N4OS/c1-4-11(16,8-12)6-5-7-17-10-14-13-9(2)15(10)3/h16H,4-8,12H2,1-3H3. The fourth-order valence-electron chi connectivity index (χ4n) is 1.50. The molecule has 1 rings (SSSR count). The van der Waals surface area contributed by atoms with Crippen LogP contribution in [0.1, 0.15) is 32.0 Å². The van der Waals surface area contributed by atoms with Gasteiger partial charge in [-0.2, -0.15) is 0 Å². The number of thioether (sulfide) groups is 1. The number of aliphatic hydroxyl groups is 1. The van der Waals surface area contributed by atoms with Crippen LogP contribution in [-0.2, 0) is 7.05 Å². The first kappa shape index (κ1) is 14.5. The Morgan fingerprint density at radius 3 is 2.65 bits per heavy atom. The second kappa shape index (κ2) is 6.37. The first-order valence-corrected chi connectivity index (χ1v) is 6.92. The van der Waals surface area contributed by atoms with Crippen LogP contribution in [0.25, 0.3) is 0 Å². The highest BCUT2D eigenvalue weighted by atomic mass is 32.2. The monoisotopic (exact) mass is 258 g/mol. The molecule has 0 bridgehead atoms. The van der Waals surface area contributed by atoms with Crippen LogP contribution < -0.4 is 5.73 Å². The van der Waals surface area contributed by atoms with Gasteiger partial charge in [0.2, 0.25) is 0 Å². The van der Waals surface area contributed by atoms with Crippen LogP contribution in [0.4, 0.5) is 0 Å². The molecule has 1 heterocycles. The van der Waals surface area contributed by atoms with E-state index >= 15 is 0 Å². The van der Waals surface area contributed by atoms with Gasteiger partial charge in [-0.3, -0.25) is 0 Å². The molecule has 1 aromatic rings. The van der Waals surface area contributed by atoms with Gasteiger partial charge in [0.1, 0.15) is 5.82 Å². The Kier molecular flexibility index (Phi) is 5.42. The molecule has 0 saturated carbocycles. The molecule has 0 amide bonds. The van der Waals surface area contributed by atoms with Crippen LogP contribution in [-0.4, -0.2) is 37.8 Å². The normalized spacial score (nSPS) is 14.9. The van der Waals surface area contributed by atoms with E-state index in [2.05, 4.69) is 10.2 Å². The van der Waals surface area contributed by atoms with Crippen molar-refractivity contribution in [1.29, 1.82) is 0 Å². The molecule has 0 aliphatic rings. The zero-order valence-corrected chi connectivity index (χ0v) is 11.6. The number of hydrogen-bond donors (Lipinski definition) is 2. The summed E-state index contributed by atoms with van der Waals surface area (Å²) in [6, 6.07) is 0. The minimum Gasteiger partial charge on any atom is -0.389 e. The van der Waals surface area contributed by atoms with Crippen molar-refractivity contribution in [2.24, 2.45) is 12.8 Å². The van der Waals surface area contributed by atoms with E-state index in [0.29, 0.717) is 13.0 Å². The summed E-state index contributed by atoms with van der Waals surface area (Å²) in [6.45, 7) is 4.23. The van der Waals surface area contributed by atoms with Gasteiger partial charge in [0.05, 0.1) is 5.60 Å². The molecule has 1 unspecified atom stereocenters. The van der Waals surface area contributed by atoms with Crippen molar-refractivity contribution in [2.45, 2.75) is 43.9 Å². The molecule has 0 aromatic carbocycles. The molecule has 0 spiro atoms. The average Bonchev–Trinajstić information content (AvgIpc) is 2.66. The molecular weight excluding hydrogens is 236 g/mol. The van der Waals surface area contributed by atoms with Gasteiger partial charge in [0.15, 0.2) is 5.16 Å². The average molecular weight is 258 g/mol. The Hall–Kier alpha value is -0.590. The van der Waals surface area contributed by atoms with Gasteiger partial charge < -0.3 is 15.4 Å². The SMILES string of the molecule is CCC(O)(CN)CCCSc1nnc(C)n1C. The lowest BCUT2D eigenvalue weighted by Gasteiger charge is -2.24. The Morgan fingerprint density at radius 2 is 2.18 bits per heavy atom. The van der Waals surface area contributed by atoms with Gasteiger partial charge in [-0.15, -0.1) is 10.2 Å². The second-order valence-electron chi connectivity index (χ2n) is 4.32. The van der Waals surface area contributed by atoms with E-state index in [4.69, 9.17) is 5.73 Å². The molecule has 1 aromatic heterocycles. The maximum atomic E-state index is 10.0. The summed E-state index contributed by atoms with van der Waals surface area (Å²) >= 11 is 1.67. The number of rotatable bonds is 7. The molecule has 0 fully saturated rings. The molecule has 0 aliphatic heterocycles. The van der Waals surface area contributed by atoms with Crippen LogP contribution in [0.15, 0.2) is 5.16 Å². The van der Waals surface area contributed by atoms with E-state index in [9.17, 15) is 5.11 Å². The lowest BCUT2D eigenvalue weighted by Crippen LogP contribution is -2.36. The quantitative estimate of drug-likeness (QED) is 0.565. The lowest BCUT2D eigenvalue weighted by atomic mass is 9.95. The van der Waals surface area contributed by atoms with Crippen LogP contribution in [0, 0.1) is 6.92 Å². The van der Waals surface area contributed by atoms with Gasteiger partial charge in [0, 0.05) is 19.3 Å². The van der Waals surface area contributed by atoms with Gasteiger partial charge in [-0.05, 0) is 26.2 Å². The summed E-state index contributed by atoms with van der Waals surface area (Å²) in [4.78, 5) is 0. The number of hydrogen-bond acceptors (Lipinski definition) is 5. The molecule has 6 heteroatoms. The fraction of sp³-hybridized carbons (Fsp3) is 0.818. The molecule has 0 aliphatic carbocycles. The van der Waals surface area contributed by atoms with Crippen LogP contribution in [0.2, 0.25) is 0 Å². The van der Waals surface area contributed by atoms with E-state index < -0.39 is 5.60 Å². The largest absolute Gasteiger partial charge is 0.389 e. The van der Waals surface area contributed by atoms with Gasteiger partial charge in [-0.25, -0.2) is 0 Å². The summed E-state index contributed by atoms with van der Waals surface area (Å²) in [5, 5.41) is 19.0. The number of aryl methyl sites for hydroxylation is 1. The maximum Gasteiger partial charge on any atom is 0.190 e. The Morgan fingerprint density at radius 1 is 1.47 bits per heavy atom.